The number of anilines is 1. The maximum Gasteiger partial charge on any atom is 0.0422 e. The Balaban J connectivity index is 1.88. The number of halogens is 1. The van der Waals surface area contributed by atoms with Crippen LogP contribution in [0.4, 0.5) is 5.69 Å². The third-order valence-electron chi connectivity index (χ3n) is 3.66. The fourth-order valence-corrected chi connectivity index (χ4v) is 3.04. The Bertz CT molecular complexity index is 560. The molecule has 0 aliphatic heterocycles. The molecular formula is C16H18BrN. The smallest absolute Gasteiger partial charge is 0.0422 e. The molecule has 3 rings (SSSR count). The average Bonchev–Trinajstić information content (AvgIpc) is 3.17. The van der Waals surface area contributed by atoms with Crippen LogP contribution in [0, 0.1) is 5.92 Å². The van der Waals surface area contributed by atoms with Crippen molar-refractivity contribution in [2.24, 2.45) is 5.92 Å². The van der Waals surface area contributed by atoms with Crippen molar-refractivity contribution in [2.75, 3.05) is 5.32 Å². The summed E-state index contributed by atoms with van der Waals surface area (Å²) in [6.45, 7) is 2.29. The van der Waals surface area contributed by atoms with Crippen LogP contribution in [0.3, 0.4) is 0 Å². The Hall–Kier alpha value is -1.02. The summed E-state index contributed by atoms with van der Waals surface area (Å²) in [6.07, 6.45) is 4.14. The zero-order valence-corrected chi connectivity index (χ0v) is 12.2. The predicted molar refractivity (Wildman–Crippen MR) is 82.1 cm³/mol. The molecule has 0 amide bonds. The van der Waals surface area contributed by atoms with Crippen LogP contribution in [-0.2, 0) is 0 Å². The third kappa shape index (κ3) is 2.54. The zero-order chi connectivity index (χ0) is 12.5. The SMILES string of the molecule is CC(CC1CC1)Nc1ccc(Br)c2ccccc12. The highest BCUT2D eigenvalue weighted by atomic mass is 79.9. The van der Waals surface area contributed by atoms with Gasteiger partial charge in [-0.15, -0.1) is 0 Å². The summed E-state index contributed by atoms with van der Waals surface area (Å²) in [5.41, 5.74) is 1.25. The topological polar surface area (TPSA) is 12.0 Å². The van der Waals surface area contributed by atoms with Gasteiger partial charge in [0.15, 0.2) is 0 Å². The number of benzene rings is 2. The number of hydrogen-bond donors (Lipinski definition) is 1. The van der Waals surface area contributed by atoms with Crippen molar-refractivity contribution >= 4 is 32.4 Å². The van der Waals surface area contributed by atoms with Crippen molar-refractivity contribution in [1.29, 1.82) is 0 Å². The van der Waals surface area contributed by atoms with E-state index in [1.165, 1.54) is 40.2 Å². The first kappa shape index (κ1) is 12.0. The van der Waals surface area contributed by atoms with Crippen LogP contribution in [0.2, 0.25) is 0 Å². The fourth-order valence-electron chi connectivity index (χ4n) is 2.57. The highest BCUT2D eigenvalue weighted by molar-refractivity contribution is 9.10. The number of fused-ring (bicyclic) bond motifs is 1. The van der Waals surface area contributed by atoms with E-state index in [4.69, 9.17) is 0 Å². The van der Waals surface area contributed by atoms with Crippen molar-refractivity contribution in [3.63, 3.8) is 0 Å². The van der Waals surface area contributed by atoms with E-state index in [-0.39, 0.29) is 0 Å². The molecule has 2 heteroatoms. The lowest BCUT2D eigenvalue weighted by Crippen LogP contribution is -2.15. The lowest BCUT2D eigenvalue weighted by atomic mass is 10.1. The van der Waals surface area contributed by atoms with Gasteiger partial charge in [0.1, 0.15) is 0 Å². The van der Waals surface area contributed by atoms with Gasteiger partial charge in [-0.05, 0) is 36.8 Å². The van der Waals surface area contributed by atoms with Crippen molar-refractivity contribution in [3.8, 4) is 0 Å². The average molecular weight is 304 g/mol. The summed E-state index contributed by atoms with van der Waals surface area (Å²) >= 11 is 3.62. The fraction of sp³-hybridized carbons (Fsp3) is 0.375. The van der Waals surface area contributed by atoms with Gasteiger partial charge in [-0.3, -0.25) is 0 Å². The van der Waals surface area contributed by atoms with Gasteiger partial charge in [-0.1, -0.05) is 53.0 Å². The Morgan fingerprint density at radius 1 is 1.17 bits per heavy atom. The largest absolute Gasteiger partial charge is 0.382 e. The first-order valence-corrected chi connectivity index (χ1v) is 7.47. The van der Waals surface area contributed by atoms with Crippen molar-refractivity contribution in [2.45, 2.75) is 32.2 Å². The van der Waals surface area contributed by atoms with E-state index in [9.17, 15) is 0 Å². The highest BCUT2D eigenvalue weighted by Crippen LogP contribution is 2.35. The van der Waals surface area contributed by atoms with E-state index in [2.05, 4.69) is 64.6 Å². The van der Waals surface area contributed by atoms with E-state index in [1.54, 1.807) is 0 Å². The molecule has 0 saturated heterocycles. The maximum atomic E-state index is 3.66. The summed E-state index contributed by atoms with van der Waals surface area (Å²) < 4.78 is 1.17. The number of hydrogen-bond acceptors (Lipinski definition) is 1. The van der Waals surface area contributed by atoms with Gasteiger partial charge in [0.05, 0.1) is 0 Å². The highest BCUT2D eigenvalue weighted by Gasteiger charge is 2.23. The maximum absolute atomic E-state index is 3.66. The minimum atomic E-state index is 0.557. The standard InChI is InChI=1S/C16H18BrN/c1-11(10-12-6-7-12)18-16-9-8-15(17)13-4-2-3-5-14(13)16/h2-5,8-9,11-12,18H,6-7,10H2,1H3. The summed E-state index contributed by atoms with van der Waals surface area (Å²) in [6, 6.07) is 13.4. The lowest BCUT2D eigenvalue weighted by Gasteiger charge is -2.17. The van der Waals surface area contributed by atoms with Gasteiger partial charge in [0.2, 0.25) is 0 Å². The molecule has 1 N–H and O–H groups in total. The van der Waals surface area contributed by atoms with Gasteiger partial charge < -0.3 is 5.32 Å². The van der Waals surface area contributed by atoms with Gasteiger partial charge in [0, 0.05) is 21.6 Å². The predicted octanol–water partition coefficient (Wildman–Crippen LogP) is 5.20. The Morgan fingerprint density at radius 3 is 2.61 bits per heavy atom. The van der Waals surface area contributed by atoms with Gasteiger partial charge in [0.25, 0.3) is 0 Å². The molecule has 1 aliphatic carbocycles. The van der Waals surface area contributed by atoms with E-state index in [1.807, 2.05) is 0 Å². The van der Waals surface area contributed by atoms with Crippen molar-refractivity contribution in [1.82, 2.24) is 0 Å². The molecule has 0 bridgehead atoms. The van der Waals surface area contributed by atoms with Crippen molar-refractivity contribution < 1.29 is 0 Å². The second kappa shape index (κ2) is 4.93. The zero-order valence-electron chi connectivity index (χ0n) is 10.6. The number of nitrogens with one attached hydrogen (secondary N) is 1. The first-order chi connectivity index (χ1) is 8.74. The second-order valence-electron chi connectivity index (χ2n) is 5.36. The quantitative estimate of drug-likeness (QED) is 0.818. The molecule has 1 fully saturated rings. The molecule has 0 spiro atoms. The van der Waals surface area contributed by atoms with E-state index < -0.39 is 0 Å². The Morgan fingerprint density at radius 2 is 1.89 bits per heavy atom. The molecule has 0 heterocycles. The molecule has 1 nitrogen and oxygen atoms in total. The second-order valence-corrected chi connectivity index (χ2v) is 6.22. The summed E-state index contributed by atoms with van der Waals surface area (Å²) in [4.78, 5) is 0. The summed E-state index contributed by atoms with van der Waals surface area (Å²) in [7, 11) is 0. The van der Waals surface area contributed by atoms with E-state index in [0.29, 0.717) is 6.04 Å². The van der Waals surface area contributed by atoms with E-state index >= 15 is 0 Å². The Labute approximate surface area is 117 Å². The lowest BCUT2D eigenvalue weighted by molar-refractivity contribution is 0.643. The molecule has 0 radical (unpaired) electrons. The van der Waals surface area contributed by atoms with Crippen molar-refractivity contribution in [3.05, 3.63) is 40.9 Å². The van der Waals surface area contributed by atoms with Crippen LogP contribution in [0.5, 0.6) is 0 Å². The molecular weight excluding hydrogens is 286 g/mol. The monoisotopic (exact) mass is 303 g/mol. The molecule has 18 heavy (non-hydrogen) atoms. The van der Waals surface area contributed by atoms with Gasteiger partial charge >= 0.3 is 0 Å². The van der Waals surface area contributed by atoms with Gasteiger partial charge in [-0.25, -0.2) is 0 Å². The molecule has 0 aromatic heterocycles. The molecule has 2 aromatic rings. The van der Waals surface area contributed by atoms with Gasteiger partial charge in [-0.2, -0.15) is 0 Å². The first-order valence-electron chi connectivity index (χ1n) is 6.68. The molecule has 1 aliphatic rings. The molecule has 2 aromatic carbocycles. The minimum absolute atomic E-state index is 0.557. The summed E-state index contributed by atoms with van der Waals surface area (Å²) in [5.74, 6) is 0.967. The Kier molecular flexibility index (Phi) is 3.29. The minimum Gasteiger partial charge on any atom is -0.382 e. The number of rotatable bonds is 4. The molecule has 1 atom stereocenters. The van der Waals surface area contributed by atoms with Crippen LogP contribution in [0.15, 0.2) is 40.9 Å². The molecule has 1 unspecified atom stereocenters. The van der Waals surface area contributed by atoms with Crippen LogP contribution in [-0.4, -0.2) is 6.04 Å². The van der Waals surface area contributed by atoms with Crippen LogP contribution < -0.4 is 5.32 Å². The third-order valence-corrected chi connectivity index (χ3v) is 4.35. The van der Waals surface area contributed by atoms with Crippen LogP contribution in [0.25, 0.3) is 10.8 Å². The van der Waals surface area contributed by atoms with Crippen LogP contribution in [0.1, 0.15) is 26.2 Å². The van der Waals surface area contributed by atoms with Crippen LogP contribution >= 0.6 is 15.9 Å². The normalized spacial score (nSPS) is 16.8. The molecule has 1 saturated carbocycles. The van der Waals surface area contributed by atoms with E-state index in [0.717, 1.165) is 5.92 Å². The molecule has 94 valence electrons. The summed E-state index contributed by atoms with van der Waals surface area (Å²) in [5, 5.41) is 6.24.